The molecule has 45 heavy (non-hydrogen) atoms. The van der Waals surface area contributed by atoms with Gasteiger partial charge in [-0.3, -0.25) is 4.98 Å². The predicted octanol–water partition coefficient (Wildman–Crippen LogP) is 7.81. The van der Waals surface area contributed by atoms with Gasteiger partial charge in [-0.05, 0) is 95.9 Å². The van der Waals surface area contributed by atoms with Crippen LogP contribution in [0.4, 0.5) is 11.6 Å². The molecule has 1 unspecified atom stereocenters. The van der Waals surface area contributed by atoms with Crippen LogP contribution in [-0.4, -0.2) is 52.3 Å². The second-order valence-electron chi connectivity index (χ2n) is 14.5. The summed E-state index contributed by atoms with van der Waals surface area (Å²) >= 11 is 6.16. The van der Waals surface area contributed by atoms with Crippen LogP contribution in [-0.2, 0) is 27.2 Å². The van der Waals surface area contributed by atoms with Crippen LogP contribution >= 0.6 is 11.6 Å². The summed E-state index contributed by atoms with van der Waals surface area (Å²) in [5.41, 5.74) is 7.93. The number of anilines is 2. The Morgan fingerprint density at radius 3 is 2.33 bits per heavy atom. The maximum Gasteiger partial charge on any atom is 0.340 e. The minimum Gasteiger partial charge on any atom is -0.461 e. The summed E-state index contributed by atoms with van der Waals surface area (Å²) in [4.78, 5) is 32.4. The first-order valence-corrected chi connectivity index (χ1v) is 16.5. The first-order valence-electron chi connectivity index (χ1n) is 16.1. The van der Waals surface area contributed by atoms with Gasteiger partial charge in [0.2, 0.25) is 5.95 Å². The van der Waals surface area contributed by atoms with Gasteiger partial charge in [0.1, 0.15) is 5.15 Å². The topological polar surface area (TPSA) is 80.7 Å². The van der Waals surface area contributed by atoms with Crippen molar-refractivity contribution in [2.45, 2.75) is 106 Å². The molecular formula is C36H48ClN5O3. The van der Waals surface area contributed by atoms with Crippen molar-refractivity contribution >= 4 is 29.2 Å². The van der Waals surface area contributed by atoms with Crippen LogP contribution in [0, 0.1) is 19.3 Å². The van der Waals surface area contributed by atoms with Crippen LogP contribution < -0.4 is 9.80 Å². The number of fused-ring (bicyclic) bond motifs is 1. The van der Waals surface area contributed by atoms with Gasteiger partial charge in [-0.15, -0.1) is 0 Å². The zero-order valence-corrected chi connectivity index (χ0v) is 29.1. The van der Waals surface area contributed by atoms with Crippen LogP contribution in [0.2, 0.25) is 5.15 Å². The average Bonchev–Trinajstić information content (AvgIpc) is 2.94. The van der Waals surface area contributed by atoms with Crippen LogP contribution in [0.3, 0.4) is 0 Å². The Morgan fingerprint density at radius 2 is 1.69 bits per heavy atom. The highest BCUT2D eigenvalue weighted by molar-refractivity contribution is 6.29. The van der Waals surface area contributed by atoms with Gasteiger partial charge in [0.15, 0.2) is 6.10 Å². The van der Waals surface area contributed by atoms with Crippen molar-refractivity contribution in [2.24, 2.45) is 5.41 Å². The van der Waals surface area contributed by atoms with E-state index in [0.29, 0.717) is 17.6 Å². The number of carbonyl (C=O) groups is 1. The molecular weight excluding hydrogens is 586 g/mol. The predicted molar refractivity (Wildman–Crippen MR) is 181 cm³/mol. The van der Waals surface area contributed by atoms with Crippen molar-refractivity contribution in [1.82, 2.24) is 15.0 Å². The van der Waals surface area contributed by atoms with E-state index < -0.39 is 11.7 Å². The largest absolute Gasteiger partial charge is 0.461 e. The fourth-order valence-corrected chi connectivity index (χ4v) is 6.53. The maximum absolute atomic E-state index is 13.8. The number of piperidine rings is 1. The molecule has 0 N–H and O–H groups in total. The van der Waals surface area contributed by atoms with Gasteiger partial charge < -0.3 is 19.3 Å². The molecule has 2 aliphatic rings. The minimum atomic E-state index is -0.909. The first kappa shape index (κ1) is 33.1. The number of aryl methyl sites for hydroxylation is 2. The summed E-state index contributed by atoms with van der Waals surface area (Å²) in [7, 11) is 0. The zero-order valence-electron chi connectivity index (χ0n) is 28.3. The molecule has 8 nitrogen and oxygen atoms in total. The van der Waals surface area contributed by atoms with E-state index in [0.717, 1.165) is 72.7 Å². The fraction of sp³-hybridized carbons (Fsp3) is 0.556. The third kappa shape index (κ3) is 7.60. The summed E-state index contributed by atoms with van der Waals surface area (Å²) in [6.07, 6.45) is 3.49. The van der Waals surface area contributed by atoms with Gasteiger partial charge in [-0.2, -0.15) is 0 Å². The maximum atomic E-state index is 13.8. The quantitative estimate of drug-likeness (QED) is 0.193. The van der Waals surface area contributed by atoms with Crippen molar-refractivity contribution in [3.05, 3.63) is 63.7 Å². The zero-order chi connectivity index (χ0) is 32.7. The third-order valence-electron chi connectivity index (χ3n) is 8.71. The second kappa shape index (κ2) is 12.9. The number of pyridine rings is 1. The molecule has 4 heterocycles. The highest BCUT2D eigenvalue weighted by atomic mass is 35.5. The molecule has 1 fully saturated rings. The first-order chi connectivity index (χ1) is 21.1. The molecule has 0 amide bonds. The van der Waals surface area contributed by atoms with E-state index in [2.05, 4.69) is 58.7 Å². The van der Waals surface area contributed by atoms with Crippen molar-refractivity contribution < 1.29 is 14.3 Å². The number of benzene rings is 1. The molecule has 0 radical (unpaired) electrons. The van der Waals surface area contributed by atoms with Crippen molar-refractivity contribution in [3.8, 4) is 11.1 Å². The molecule has 1 aromatic carbocycles. The fourth-order valence-electron chi connectivity index (χ4n) is 6.40. The van der Waals surface area contributed by atoms with Gasteiger partial charge in [-0.25, -0.2) is 14.8 Å². The Bertz CT molecular complexity index is 1550. The summed E-state index contributed by atoms with van der Waals surface area (Å²) in [6, 6.07) is 8.40. The smallest absolute Gasteiger partial charge is 0.340 e. The molecule has 9 heteroatoms. The molecule has 2 aromatic heterocycles. The van der Waals surface area contributed by atoms with Crippen molar-refractivity contribution in [2.75, 3.05) is 29.4 Å². The Hall–Kier alpha value is -3.23. The summed E-state index contributed by atoms with van der Waals surface area (Å²) in [6.45, 7) is 21.7. The van der Waals surface area contributed by atoms with E-state index in [1.54, 1.807) is 12.3 Å². The Morgan fingerprint density at radius 1 is 0.978 bits per heavy atom. The number of nitrogens with zero attached hydrogens (tertiary/aromatic N) is 5. The van der Waals surface area contributed by atoms with E-state index >= 15 is 0 Å². The van der Waals surface area contributed by atoms with E-state index in [1.165, 1.54) is 11.1 Å². The molecule has 2 aliphatic heterocycles. The lowest BCUT2D eigenvalue weighted by atomic mass is 9.81. The molecule has 0 saturated carbocycles. The molecule has 0 spiro atoms. The highest BCUT2D eigenvalue weighted by Gasteiger charge is 2.38. The van der Waals surface area contributed by atoms with Gasteiger partial charge >= 0.3 is 5.97 Å². The molecule has 1 atom stereocenters. The molecule has 0 bridgehead atoms. The monoisotopic (exact) mass is 633 g/mol. The van der Waals surface area contributed by atoms with Gasteiger partial charge in [0.25, 0.3) is 0 Å². The van der Waals surface area contributed by atoms with Gasteiger partial charge in [0.05, 0.1) is 17.4 Å². The number of halogens is 1. The standard InChI is InChI=1S/C36H48ClN5O3/c1-22(2)44-33(43)32(45-35(5,6)7)30-24(4)39-23(3)29(31(30)41-18-14-36(8,9)15-19-41)26-10-11-27-21-42(17-13-25(27)20-26)34-38-16-12-28(37)40-34/h10-12,16,20,22,32H,13-15,17-19,21H2,1-9H3. The summed E-state index contributed by atoms with van der Waals surface area (Å²) < 4.78 is 12.4. The average molecular weight is 634 g/mol. The molecule has 5 rings (SSSR count). The lowest BCUT2D eigenvalue weighted by Gasteiger charge is -2.41. The van der Waals surface area contributed by atoms with Crippen LogP contribution in [0.25, 0.3) is 11.1 Å². The van der Waals surface area contributed by atoms with Crippen molar-refractivity contribution in [1.29, 1.82) is 0 Å². The molecule has 0 aliphatic carbocycles. The number of carbonyl (C=O) groups excluding carboxylic acids is 1. The minimum absolute atomic E-state index is 0.260. The molecule has 242 valence electrons. The van der Waals surface area contributed by atoms with E-state index in [9.17, 15) is 4.79 Å². The number of aromatic nitrogens is 3. The van der Waals surface area contributed by atoms with E-state index in [-0.39, 0.29) is 17.5 Å². The SMILES string of the molecule is Cc1nc(C)c(C(OC(C)(C)C)C(=O)OC(C)C)c(N2CCC(C)(C)CC2)c1-c1ccc2c(c1)CCN(c1nccc(Cl)n1)C2. The van der Waals surface area contributed by atoms with Crippen LogP contribution in [0.15, 0.2) is 30.5 Å². The van der Waals surface area contributed by atoms with Crippen LogP contribution in [0.5, 0.6) is 0 Å². The second-order valence-corrected chi connectivity index (χ2v) is 14.9. The Balaban J connectivity index is 1.64. The normalized spacial score (nSPS) is 17.3. The summed E-state index contributed by atoms with van der Waals surface area (Å²) in [5, 5.41) is 0.443. The number of rotatable bonds is 7. The number of esters is 1. The van der Waals surface area contributed by atoms with Crippen molar-refractivity contribution in [3.63, 3.8) is 0 Å². The van der Waals surface area contributed by atoms with E-state index in [1.807, 2.05) is 41.5 Å². The molecule has 1 saturated heterocycles. The lowest BCUT2D eigenvalue weighted by molar-refractivity contribution is -0.171. The van der Waals surface area contributed by atoms with Gasteiger partial charge in [0, 0.05) is 54.9 Å². The highest BCUT2D eigenvalue weighted by Crippen LogP contribution is 2.45. The third-order valence-corrected chi connectivity index (χ3v) is 8.92. The van der Waals surface area contributed by atoms with Crippen LogP contribution in [0.1, 0.15) is 95.5 Å². The van der Waals surface area contributed by atoms with E-state index in [4.69, 9.17) is 26.1 Å². The lowest BCUT2D eigenvalue weighted by Crippen LogP contribution is -2.39. The number of hydrogen-bond acceptors (Lipinski definition) is 8. The van der Waals surface area contributed by atoms with Gasteiger partial charge in [-0.1, -0.05) is 43.6 Å². The number of hydrogen-bond donors (Lipinski definition) is 0. The number of ether oxygens (including phenoxy) is 2. The Labute approximate surface area is 273 Å². The molecule has 3 aromatic rings. The Kier molecular flexibility index (Phi) is 9.48. The summed E-state index contributed by atoms with van der Waals surface area (Å²) in [5.74, 6) is 0.265.